The number of amides is 1. The van der Waals surface area contributed by atoms with Crippen molar-refractivity contribution in [2.24, 2.45) is 0 Å². The van der Waals surface area contributed by atoms with Gasteiger partial charge in [0.1, 0.15) is 16.5 Å². The fourth-order valence-corrected chi connectivity index (χ4v) is 4.56. The van der Waals surface area contributed by atoms with E-state index in [1.54, 1.807) is 12.1 Å². The van der Waals surface area contributed by atoms with Crippen LogP contribution in [0.2, 0.25) is 0 Å². The molecule has 4 aromatic carbocycles. The maximum atomic E-state index is 13.4. The summed E-state index contributed by atoms with van der Waals surface area (Å²) in [5.41, 5.74) is 4.25. The van der Waals surface area contributed by atoms with Gasteiger partial charge in [-0.25, -0.2) is 4.39 Å². The lowest BCUT2D eigenvalue weighted by Crippen LogP contribution is -2.15. The summed E-state index contributed by atoms with van der Waals surface area (Å²) >= 11 is 1.34. The number of para-hydroxylation sites is 1. The summed E-state index contributed by atoms with van der Waals surface area (Å²) in [6, 6.07) is 31.7. The van der Waals surface area contributed by atoms with E-state index < -0.39 is 0 Å². The second kappa shape index (κ2) is 9.85. The van der Waals surface area contributed by atoms with Gasteiger partial charge in [-0.1, -0.05) is 84.6 Å². The first-order valence-corrected chi connectivity index (χ1v) is 11.8. The van der Waals surface area contributed by atoms with Crippen molar-refractivity contribution in [2.45, 2.75) is 5.03 Å². The minimum absolute atomic E-state index is 0.123. The van der Waals surface area contributed by atoms with Gasteiger partial charge in [0, 0.05) is 27.6 Å². The summed E-state index contributed by atoms with van der Waals surface area (Å²) in [6.07, 6.45) is 0. The van der Waals surface area contributed by atoms with Crippen LogP contribution in [0, 0.1) is 5.82 Å². The van der Waals surface area contributed by atoms with Crippen LogP contribution in [0.4, 0.5) is 10.1 Å². The molecule has 0 atom stereocenters. The first-order valence-electron chi connectivity index (χ1n) is 10.8. The van der Waals surface area contributed by atoms with Gasteiger partial charge in [0.2, 0.25) is 5.91 Å². The van der Waals surface area contributed by atoms with Crippen molar-refractivity contribution in [1.29, 1.82) is 0 Å². The number of rotatable bonds is 6. The van der Waals surface area contributed by atoms with E-state index in [4.69, 9.17) is 0 Å². The summed E-state index contributed by atoms with van der Waals surface area (Å²) in [6.45, 7) is 0. The topological polar surface area (TPSA) is 54.9 Å². The van der Waals surface area contributed by atoms with Crippen LogP contribution in [0.3, 0.4) is 0 Å². The SMILES string of the molecule is O=C(CSc1nnc(-c2ccc(F)cc2)c2ccccc12)Nc1ccccc1-c1ccccc1. The Labute approximate surface area is 200 Å². The van der Waals surface area contributed by atoms with Crippen molar-refractivity contribution in [3.63, 3.8) is 0 Å². The molecule has 0 aliphatic carbocycles. The number of fused-ring (bicyclic) bond motifs is 1. The highest BCUT2D eigenvalue weighted by molar-refractivity contribution is 8.00. The molecule has 5 rings (SSSR count). The van der Waals surface area contributed by atoms with E-state index in [0.717, 1.165) is 33.2 Å². The minimum atomic E-state index is -0.298. The Morgan fingerprint density at radius 3 is 2.21 bits per heavy atom. The van der Waals surface area contributed by atoms with Gasteiger partial charge >= 0.3 is 0 Å². The predicted molar refractivity (Wildman–Crippen MR) is 136 cm³/mol. The maximum absolute atomic E-state index is 13.4. The summed E-state index contributed by atoms with van der Waals surface area (Å²) in [7, 11) is 0. The molecule has 1 heterocycles. The number of carbonyl (C=O) groups excluding carboxylic acids is 1. The van der Waals surface area contributed by atoms with Crippen LogP contribution in [-0.2, 0) is 4.79 Å². The van der Waals surface area contributed by atoms with Gasteiger partial charge in [0.05, 0.1) is 5.75 Å². The van der Waals surface area contributed by atoms with Crippen LogP contribution >= 0.6 is 11.8 Å². The van der Waals surface area contributed by atoms with Gasteiger partial charge in [0.25, 0.3) is 0 Å². The Balaban J connectivity index is 1.36. The van der Waals surface area contributed by atoms with Crippen LogP contribution in [0.5, 0.6) is 0 Å². The number of nitrogens with one attached hydrogen (secondary N) is 1. The molecule has 0 unspecified atom stereocenters. The van der Waals surface area contributed by atoms with E-state index in [9.17, 15) is 9.18 Å². The third kappa shape index (κ3) is 4.67. The van der Waals surface area contributed by atoms with Crippen LogP contribution < -0.4 is 5.32 Å². The molecule has 0 spiro atoms. The van der Waals surface area contributed by atoms with Crippen LogP contribution in [-0.4, -0.2) is 21.9 Å². The largest absolute Gasteiger partial charge is 0.325 e. The van der Waals surface area contributed by atoms with E-state index >= 15 is 0 Å². The number of benzene rings is 4. The quantitative estimate of drug-likeness (QED) is 0.279. The molecular weight excluding hydrogens is 445 g/mol. The van der Waals surface area contributed by atoms with Crippen LogP contribution in [0.1, 0.15) is 0 Å². The maximum Gasteiger partial charge on any atom is 0.234 e. The molecule has 4 nitrogen and oxygen atoms in total. The molecule has 0 saturated heterocycles. The summed E-state index contributed by atoms with van der Waals surface area (Å²) < 4.78 is 13.4. The van der Waals surface area contributed by atoms with Crippen molar-refractivity contribution in [3.05, 3.63) is 109 Å². The number of hydrogen-bond acceptors (Lipinski definition) is 4. The minimum Gasteiger partial charge on any atom is -0.325 e. The molecule has 0 radical (unpaired) electrons. The van der Waals surface area contributed by atoms with Crippen molar-refractivity contribution in [2.75, 3.05) is 11.1 Å². The average molecular weight is 466 g/mol. The fourth-order valence-electron chi connectivity index (χ4n) is 3.79. The third-order valence-corrected chi connectivity index (χ3v) is 6.38. The monoisotopic (exact) mass is 465 g/mol. The molecule has 166 valence electrons. The summed E-state index contributed by atoms with van der Waals surface area (Å²) in [5, 5.41) is 14.3. The number of hydrogen-bond donors (Lipinski definition) is 1. The van der Waals surface area contributed by atoms with E-state index in [2.05, 4.69) is 15.5 Å². The molecule has 0 aliphatic heterocycles. The van der Waals surface area contributed by atoms with Crippen molar-refractivity contribution in [1.82, 2.24) is 10.2 Å². The molecule has 0 fully saturated rings. The van der Waals surface area contributed by atoms with E-state index in [0.29, 0.717) is 10.7 Å². The van der Waals surface area contributed by atoms with Crippen molar-refractivity contribution < 1.29 is 9.18 Å². The number of carbonyl (C=O) groups is 1. The highest BCUT2D eigenvalue weighted by Gasteiger charge is 2.14. The third-order valence-electron chi connectivity index (χ3n) is 5.40. The van der Waals surface area contributed by atoms with Gasteiger partial charge < -0.3 is 5.32 Å². The second-order valence-electron chi connectivity index (χ2n) is 7.65. The van der Waals surface area contributed by atoms with Crippen molar-refractivity contribution >= 4 is 34.1 Å². The number of aromatic nitrogens is 2. The van der Waals surface area contributed by atoms with Crippen LogP contribution in [0.15, 0.2) is 108 Å². The Hall–Kier alpha value is -4.03. The first kappa shape index (κ1) is 21.8. The molecular formula is C28H20FN3OS. The van der Waals surface area contributed by atoms with Gasteiger partial charge in [-0.2, -0.15) is 0 Å². The highest BCUT2D eigenvalue weighted by atomic mass is 32.2. The zero-order chi connectivity index (χ0) is 23.3. The van der Waals surface area contributed by atoms with Gasteiger partial charge in [-0.3, -0.25) is 4.79 Å². The lowest BCUT2D eigenvalue weighted by atomic mass is 10.0. The Kier molecular flexibility index (Phi) is 6.31. The Morgan fingerprint density at radius 2 is 1.41 bits per heavy atom. The molecule has 6 heteroatoms. The average Bonchev–Trinajstić information content (AvgIpc) is 2.89. The molecule has 0 bridgehead atoms. The number of anilines is 1. The molecule has 34 heavy (non-hydrogen) atoms. The summed E-state index contributed by atoms with van der Waals surface area (Å²) in [4.78, 5) is 12.8. The Morgan fingerprint density at radius 1 is 0.735 bits per heavy atom. The zero-order valence-electron chi connectivity index (χ0n) is 18.1. The highest BCUT2D eigenvalue weighted by Crippen LogP contribution is 2.32. The first-order chi connectivity index (χ1) is 16.7. The lowest BCUT2D eigenvalue weighted by molar-refractivity contribution is -0.113. The smallest absolute Gasteiger partial charge is 0.234 e. The Bertz CT molecular complexity index is 1460. The number of thioether (sulfide) groups is 1. The predicted octanol–water partition coefficient (Wildman–Crippen LogP) is 6.83. The van der Waals surface area contributed by atoms with Gasteiger partial charge in [0.15, 0.2) is 0 Å². The molecule has 0 aliphatic rings. The van der Waals surface area contributed by atoms with Gasteiger partial charge in [-0.15, -0.1) is 10.2 Å². The van der Waals surface area contributed by atoms with Crippen LogP contribution in [0.25, 0.3) is 33.2 Å². The van der Waals surface area contributed by atoms with Gasteiger partial charge in [-0.05, 0) is 35.9 Å². The fraction of sp³-hybridized carbons (Fsp3) is 0.0357. The number of halogens is 1. The molecule has 1 aromatic heterocycles. The number of nitrogens with zero attached hydrogens (tertiary/aromatic N) is 2. The second-order valence-corrected chi connectivity index (χ2v) is 8.62. The van der Waals surface area contributed by atoms with E-state index in [-0.39, 0.29) is 17.5 Å². The van der Waals surface area contributed by atoms with E-state index in [1.807, 2.05) is 78.9 Å². The summed E-state index contributed by atoms with van der Waals surface area (Å²) in [5.74, 6) is -0.229. The standard InChI is InChI=1S/C28H20FN3OS/c29-21-16-14-20(15-17-21)27-23-11-4-5-12-24(23)28(32-31-27)34-18-26(33)30-25-13-7-6-10-22(25)19-8-2-1-3-9-19/h1-17H,18H2,(H,30,33). The molecule has 1 amide bonds. The van der Waals surface area contributed by atoms with Crippen molar-refractivity contribution in [3.8, 4) is 22.4 Å². The molecule has 5 aromatic rings. The molecule has 1 N–H and O–H groups in total. The van der Waals surface area contributed by atoms with E-state index in [1.165, 1.54) is 23.9 Å². The zero-order valence-corrected chi connectivity index (χ0v) is 18.9. The molecule has 0 saturated carbocycles. The lowest BCUT2D eigenvalue weighted by Gasteiger charge is -2.12. The normalized spacial score (nSPS) is 10.9.